The zero-order valence-electron chi connectivity index (χ0n) is 15.8. The molecule has 0 bridgehead atoms. The van der Waals surface area contributed by atoms with E-state index in [1.54, 1.807) is 38.1 Å². The Balaban J connectivity index is 2.11. The molecule has 0 fully saturated rings. The summed E-state index contributed by atoms with van der Waals surface area (Å²) in [5.74, 6) is -0.802. The molecule has 0 unspecified atom stereocenters. The van der Waals surface area contributed by atoms with Crippen molar-refractivity contribution in [3.05, 3.63) is 81.4 Å². The number of anilines is 1. The Hall–Kier alpha value is -3.81. The van der Waals surface area contributed by atoms with Crippen LogP contribution < -0.4 is 10.7 Å². The number of hydrogen-bond donors (Lipinski definition) is 2. The summed E-state index contributed by atoms with van der Waals surface area (Å²) in [7, 11) is 0. The Morgan fingerprint density at radius 3 is 2.32 bits per heavy atom. The molecule has 8 nitrogen and oxygen atoms in total. The van der Waals surface area contributed by atoms with Gasteiger partial charge in [0.1, 0.15) is 0 Å². The van der Waals surface area contributed by atoms with E-state index in [2.05, 4.69) is 22.4 Å². The van der Waals surface area contributed by atoms with Crippen LogP contribution in [0.3, 0.4) is 0 Å². The second-order valence-corrected chi connectivity index (χ2v) is 6.16. The van der Waals surface area contributed by atoms with Crippen molar-refractivity contribution in [1.82, 2.24) is 5.43 Å². The molecular formula is C20H20N4O4. The molecule has 0 aliphatic carbocycles. The third-order valence-corrected chi connectivity index (χ3v) is 4.02. The van der Waals surface area contributed by atoms with E-state index in [1.807, 2.05) is 0 Å². The van der Waals surface area contributed by atoms with E-state index in [0.717, 1.165) is 5.56 Å². The van der Waals surface area contributed by atoms with Crippen LogP contribution in [0.25, 0.3) is 0 Å². The monoisotopic (exact) mass is 380 g/mol. The second-order valence-electron chi connectivity index (χ2n) is 6.16. The molecule has 2 N–H and O–H groups in total. The van der Waals surface area contributed by atoms with Crippen LogP contribution in [0, 0.1) is 17.0 Å². The number of carbonyl (C=O) groups is 2. The zero-order valence-corrected chi connectivity index (χ0v) is 15.8. The van der Waals surface area contributed by atoms with Gasteiger partial charge in [0.25, 0.3) is 17.5 Å². The molecule has 2 rings (SSSR count). The smallest absolute Gasteiger partial charge is 0.273 e. The van der Waals surface area contributed by atoms with Gasteiger partial charge in [0.15, 0.2) is 0 Å². The topological polar surface area (TPSA) is 114 Å². The van der Waals surface area contributed by atoms with Gasteiger partial charge in [-0.15, -0.1) is 0 Å². The lowest BCUT2D eigenvalue weighted by atomic mass is 10.1. The predicted octanol–water partition coefficient (Wildman–Crippen LogP) is 3.57. The lowest BCUT2D eigenvalue weighted by molar-refractivity contribution is -0.385. The SMILES string of the molecule is C=C(C)C(=O)Nc1ccc(C(C)=NNC(=O)c2cccc([N+](=O)[O-])c2C)cc1. The van der Waals surface area contributed by atoms with Crippen molar-refractivity contribution in [2.24, 2.45) is 5.10 Å². The summed E-state index contributed by atoms with van der Waals surface area (Å²) in [6, 6.07) is 11.2. The largest absolute Gasteiger partial charge is 0.322 e. The first kappa shape index (κ1) is 20.5. The standard InChI is InChI=1S/C20H20N4O4/c1-12(2)19(25)21-16-10-8-15(9-11-16)14(4)22-23-20(26)17-6-5-7-18(13(17)3)24(27)28/h5-11H,1H2,2-4H3,(H,21,25)(H,23,26). The van der Waals surface area contributed by atoms with Gasteiger partial charge in [0, 0.05) is 22.9 Å². The normalized spacial score (nSPS) is 10.9. The molecular weight excluding hydrogens is 360 g/mol. The Bertz CT molecular complexity index is 978. The number of hydrogen-bond acceptors (Lipinski definition) is 5. The number of benzene rings is 2. The fraction of sp³-hybridized carbons (Fsp3) is 0.150. The van der Waals surface area contributed by atoms with Crippen molar-refractivity contribution in [2.75, 3.05) is 5.32 Å². The van der Waals surface area contributed by atoms with Crippen molar-refractivity contribution in [1.29, 1.82) is 0 Å². The van der Waals surface area contributed by atoms with Crippen LogP contribution in [-0.2, 0) is 4.79 Å². The van der Waals surface area contributed by atoms with Gasteiger partial charge in [-0.1, -0.05) is 24.8 Å². The molecule has 28 heavy (non-hydrogen) atoms. The summed E-state index contributed by atoms with van der Waals surface area (Å²) in [4.78, 5) is 34.4. The highest BCUT2D eigenvalue weighted by Gasteiger charge is 2.17. The molecule has 2 aromatic rings. The summed E-state index contributed by atoms with van der Waals surface area (Å²) in [5.41, 5.74) is 5.04. The van der Waals surface area contributed by atoms with E-state index < -0.39 is 10.8 Å². The van der Waals surface area contributed by atoms with E-state index >= 15 is 0 Å². The number of nitrogens with zero attached hydrogens (tertiary/aromatic N) is 2. The molecule has 144 valence electrons. The number of nitro groups is 1. The highest BCUT2D eigenvalue weighted by atomic mass is 16.6. The van der Waals surface area contributed by atoms with Crippen LogP contribution >= 0.6 is 0 Å². The third kappa shape index (κ3) is 4.88. The first-order valence-electron chi connectivity index (χ1n) is 8.36. The average Bonchev–Trinajstić information content (AvgIpc) is 2.66. The molecule has 0 spiro atoms. The number of hydrazone groups is 1. The fourth-order valence-corrected chi connectivity index (χ4v) is 2.36. The molecule has 0 heterocycles. The Kier molecular flexibility index (Phi) is 6.38. The van der Waals surface area contributed by atoms with Gasteiger partial charge in [-0.25, -0.2) is 5.43 Å². The highest BCUT2D eigenvalue weighted by molar-refractivity contribution is 6.04. The molecule has 0 aliphatic heterocycles. The lowest BCUT2D eigenvalue weighted by Gasteiger charge is -2.07. The van der Waals surface area contributed by atoms with Crippen molar-refractivity contribution in [3.8, 4) is 0 Å². The van der Waals surface area contributed by atoms with E-state index in [-0.39, 0.29) is 22.7 Å². The minimum atomic E-state index is -0.536. The summed E-state index contributed by atoms with van der Waals surface area (Å²) < 4.78 is 0. The van der Waals surface area contributed by atoms with Gasteiger partial charge in [0.2, 0.25) is 0 Å². The van der Waals surface area contributed by atoms with E-state index in [0.29, 0.717) is 17.0 Å². The molecule has 0 saturated heterocycles. The Labute approximate surface area is 162 Å². The maximum absolute atomic E-state index is 12.3. The molecule has 2 aromatic carbocycles. The second kappa shape index (κ2) is 8.72. The van der Waals surface area contributed by atoms with Crippen LogP contribution in [0.2, 0.25) is 0 Å². The average molecular weight is 380 g/mol. The van der Waals surface area contributed by atoms with Crippen molar-refractivity contribution in [2.45, 2.75) is 20.8 Å². The number of nitrogens with one attached hydrogen (secondary N) is 2. The molecule has 0 radical (unpaired) electrons. The summed E-state index contributed by atoms with van der Waals surface area (Å²) in [6.45, 7) is 8.42. The summed E-state index contributed by atoms with van der Waals surface area (Å²) in [5, 5.41) is 17.7. The molecule has 0 aromatic heterocycles. The van der Waals surface area contributed by atoms with Crippen LogP contribution in [0.1, 0.15) is 35.3 Å². The predicted molar refractivity (Wildman–Crippen MR) is 107 cm³/mol. The highest BCUT2D eigenvalue weighted by Crippen LogP contribution is 2.21. The van der Waals surface area contributed by atoms with Crippen LogP contribution in [0.15, 0.2) is 59.7 Å². The zero-order chi connectivity index (χ0) is 20.8. The number of carbonyl (C=O) groups excluding carboxylic acids is 2. The molecule has 2 amide bonds. The quantitative estimate of drug-likeness (QED) is 0.345. The van der Waals surface area contributed by atoms with Gasteiger partial charge >= 0.3 is 0 Å². The van der Waals surface area contributed by atoms with Crippen LogP contribution in [0.4, 0.5) is 11.4 Å². The van der Waals surface area contributed by atoms with Gasteiger partial charge < -0.3 is 5.32 Å². The van der Waals surface area contributed by atoms with Gasteiger partial charge in [-0.2, -0.15) is 5.10 Å². The van der Waals surface area contributed by atoms with Crippen molar-refractivity contribution in [3.63, 3.8) is 0 Å². The van der Waals surface area contributed by atoms with Gasteiger partial charge in [-0.05, 0) is 44.5 Å². The first-order chi connectivity index (χ1) is 13.2. The third-order valence-electron chi connectivity index (χ3n) is 4.02. The van der Waals surface area contributed by atoms with Crippen molar-refractivity contribution < 1.29 is 14.5 Å². The van der Waals surface area contributed by atoms with Gasteiger partial charge in [0.05, 0.1) is 16.2 Å². The Morgan fingerprint density at radius 1 is 1.11 bits per heavy atom. The van der Waals surface area contributed by atoms with Crippen molar-refractivity contribution >= 4 is 28.9 Å². The van der Waals surface area contributed by atoms with Crippen LogP contribution in [-0.4, -0.2) is 22.4 Å². The van der Waals surface area contributed by atoms with Gasteiger partial charge in [-0.3, -0.25) is 19.7 Å². The maximum Gasteiger partial charge on any atom is 0.273 e. The minimum Gasteiger partial charge on any atom is -0.322 e. The number of rotatable bonds is 6. The molecule has 8 heteroatoms. The van der Waals surface area contributed by atoms with E-state index in [4.69, 9.17) is 0 Å². The first-order valence-corrected chi connectivity index (χ1v) is 8.36. The maximum atomic E-state index is 12.3. The molecule has 0 aliphatic rings. The molecule has 0 atom stereocenters. The fourth-order valence-electron chi connectivity index (χ4n) is 2.36. The van der Waals surface area contributed by atoms with E-state index in [1.165, 1.54) is 25.1 Å². The minimum absolute atomic E-state index is 0.124. The van der Waals surface area contributed by atoms with Crippen LogP contribution in [0.5, 0.6) is 0 Å². The lowest BCUT2D eigenvalue weighted by Crippen LogP contribution is -2.20. The summed E-state index contributed by atoms with van der Waals surface area (Å²) >= 11 is 0. The Morgan fingerprint density at radius 2 is 1.75 bits per heavy atom. The number of nitro benzene ring substituents is 1. The number of amides is 2. The summed E-state index contributed by atoms with van der Waals surface area (Å²) in [6.07, 6.45) is 0. The molecule has 0 saturated carbocycles. The van der Waals surface area contributed by atoms with E-state index in [9.17, 15) is 19.7 Å².